The van der Waals surface area contributed by atoms with Crippen molar-refractivity contribution in [2.45, 2.75) is 45.4 Å². The van der Waals surface area contributed by atoms with Crippen LogP contribution in [0.1, 0.15) is 45.4 Å². The Morgan fingerprint density at radius 2 is 2.20 bits per heavy atom. The smallest absolute Gasteiger partial charge is 0.316 e. The zero-order valence-corrected chi connectivity index (χ0v) is 9.25. The molecule has 0 aromatic heterocycles. The fourth-order valence-corrected chi connectivity index (χ4v) is 2.80. The van der Waals surface area contributed by atoms with E-state index < -0.39 is 5.92 Å². The fourth-order valence-electron chi connectivity index (χ4n) is 2.80. The van der Waals surface area contributed by atoms with Crippen molar-refractivity contribution in [1.82, 2.24) is 0 Å². The van der Waals surface area contributed by atoms with E-state index in [9.17, 15) is 9.59 Å². The molecule has 0 radical (unpaired) electrons. The molecule has 3 nitrogen and oxygen atoms in total. The highest BCUT2D eigenvalue weighted by Crippen LogP contribution is 2.52. The Kier molecular flexibility index (Phi) is 2.81. The molecule has 1 unspecified atom stereocenters. The average molecular weight is 210 g/mol. The Morgan fingerprint density at radius 1 is 1.47 bits per heavy atom. The molecule has 2 rings (SSSR count). The van der Waals surface area contributed by atoms with Crippen molar-refractivity contribution in [2.75, 3.05) is 6.61 Å². The van der Waals surface area contributed by atoms with Crippen LogP contribution >= 0.6 is 0 Å². The highest BCUT2D eigenvalue weighted by Gasteiger charge is 2.46. The molecule has 1 spiro atoms. The Balaban J connectivity index is 2.02. The molecule has 0 amide bonds. The normalized spacial score (nSPS) is 28.6. The Hall–Kier alpha value is -0.860. The third-order valence-electron chi connectivity index (χ3n) is 3.91. The van der Waals surface area contributed by atoms with Gasteiger partial charge in [-0.05, 0) is 38.0 Å². The summed E-state index contributed by atoms with van der Waals surface area (Å²) in [7, 11) is 0. The first-order chi connectivity index (χ1) is 7.17. The predicted octanol–water partition coefficient (Wildman–Crippen LogP) is 2.09. The first-order valence-electron chi connectivity index (χ1n) is 5.86. The summed E-state index contributed by atoms with van der Waals surface area (Å²) in [6.07, 6.45) is 5.94. The topological polar surface area (TPSA) is 43.4 Å². The van der Waals surface area contributed by atoms with Crippen LogP contribution < -0.4 is 0 Å². The van der Waals surface area contributed by atoms with E-state index in [0.717, 1.165) is 12.8 Å². The lowest BCUT2D eigenvalue weighted by atomic mass is 9.58. The molecule has 15 heavy (non-hydrogen) atoms. The maximum absolute atomic E-state index is 11.6. The molecule has 1 atom stereocenters. The number of carbonyl (C=O) groups is 2. The molecule has 0 N–H and O–H groups in total. The summed E-state index contributed by atoms with van der Waals surface area (Å²) in [6, 6.07) is 0. The number of Topliss-reactive ketones (excluding diaryl/α,β-unsaturated/α-hetero) is 1. The van der Waals surface area contributed by atoms with E-state index in [0.29, 0.717) is 18.4 Å². The summed E-state index contributed by atoms with van der Waals surface area (Å²) < 4.78 is 4.95. The minimum absolute atomic E-state index is 0.0889. The van der Waals surface area contributed by atoms with Crippen molar-refractivity contribution >= 4 is 11.8 Å². The number of rotatable bonds is 2. The van der Waals surface area contributed by atoms with Crippen molar-refractivity contribution < 1.29 is 14.3 Å². The van der Waals surface area contributed by atoms with Crippen LogP contribution in [0.15, 0.2) is 0 Å². The van der Waals surface area contributed by atoms with E-state index in [2.05, 4.69) is 0 Å². The molecule has 2 fully saturated rings. The van der Waals surface area contributed by atoms with E-state index in [1.807, 2.05) is 0 Å². The van der Waals surface area contributed by atoms with Crippen LogP contribution in [0.4, 0.5) is 0 Å². The van der Waals surface area contributed by atoms with Gasteiger partial charge in [0.2, 0.25) is 0 Å². The zero-order chi connectivity index (χ0) is 10.9. The largest absolute Gasteiger partial charge is 0.465 e. The van der Waals surface area contributed by atoms with E-state index in [4.69, 9.17) is 4.74 Å². The molecule has 0 heterocycles. The van der Waals surface area contributed by atoms with Crippen LogP contribution in [0, 0.1) is 11.3 Å². The molecule has 0 aromatic carbocycles. The van der Waals surface area contributed by atoms with Crippen LogP contribution in [0.2, 0.25) is 0 Å². The molecule has 2 aliphatic carbocycles. The molecule has 0 bridgehead atoms. The summed E-state index contributed by atoms with van der Waals surface area (Å²) >= 11 is 0. The van der Waals surface area contributed by atoms with Gasteiger partial charge in [0.05, 0.1) is 6.61 Å². The molecule has 0 aromatic rings. The van der Waals surface area contributed by atoms with E-state index in [1.54, 1.807) is 6.92 Å². The average Bonchev–Trinajstić information content (AvgIpc) is 2.16. The highest BCUT2D eigenvalue weighted by atomic mass is 16.5. The molecule has 0 aliphatic heterocycles. The summed E-state index contributed by atoms with van der Waals surface area (Å²) in [6.45, 7) is 2.15. The van der Waals surface area contributed by atoms with E-state index >= 15 is 0 Å². The van der Waals surface area contributed by atoms with Gasteiger partial charge in [0, 0.05) is 6.42 Å². The SMILES string of the molecule is CCOC(=O)C1CC2(CCC2)CCC1=O. The zero-order valence-electron chi connectivity index (χ0n) is 9.25. The monoisotopic (exact) mass is 210 g/mol. The first kappa shape index (κ1) is 10.7. The van der Waals surface area contributed by atoms with Gasteiger partial charge < -0.3 is 4.74 Å². The van der Waals surface area contributed by atoms with Crippen molar-refractivity contribution in [3.8, 4) is 0 Å². The number of ketones is 1. The molecule has 2 saturated carbocycles. The summed E-state index contributed by atoms with van der Waals surface area (Å²) in [4.78, 5) is 23.2. The second-order valence-electron chi connectivity index (χ2n) is 4.83. The second kappa shape index (κ2) is 3.95. The van der Waals surface area contributed by atoms with Crippen LogP contribution in [0.5, 0.6) is 0 Å². The van der Waals surface area contributed by atoms with Gasteiger partial charge >= 0.3 is 5.97 Å². The lowest BCUT2D eigenvalue weighted by Crippen LogP contribution is -2.42. The molecular weight excluding hydrogens is 192 g/mol. The number of hydrogen-bond donors (Lipinski definition) is 0. The van der Waals surface area contributed by atoms with Gasteiger partial charge in [0.1, 0.15) is 11.7 Å². The van der Waals surface area contributed by atoms with Crippen molar-refractivity contribution in [3.05, 3.63) is 0 Å². The van der Waals surface area contributed by atoms with Crippen molar-refractivity contribution in [2.24, 2.45) is 11.3 Å². The van der Waals surface area contributed by atoms with Crippen LogP contribution in [-0.4, -0.2) is 18.4 Å². The second-order valence-corrected chi connectivity index (χ2v) is 4.83. The number of esters is 1. The van der Waals surface area contributed by atoms with Crippen LogP contribution in [0.3, 0.4) is 0 Å². The lowest BCUT2D eigenvalue weighted by molar-refractivity contribution is -0.156. The van der Waals surface area contributed by atoms with Crippen LogP contribution in [-0.2, 0) is 14.3 Å². The minimum atomic E-state index is -0.459. The van der Waals surface area contributed by atoms with E-state index in [-0.39, 0.29) is 11.8 Å². The van der Waals surface area contributed by atoms with Crippen molar-refractivity contribution in [1.29, 1.82) is 0 Å². The summed E-state index contributed by atoms with van der Waals surface area (Å²) in [5, 5.41) is 0. The first-order valence-corrected chi connectivity index (χ1v) is 5.86. The molecule has 2 aliphatic rings. The van der Waals surface area contributed by atoms with Crippen LogP contribution in [0.25, 0.3) is 0 Å². The quantitative estimate of drug-likeness (QED) is 0.517. The standard InChI is InChI=1S/C12H18O3/c1-2-15-11(14)9-8-12(5-3-6-12)7-4-10(9)13/h9H,2-8H2,1H3. The third-order valence-corrected chi connectivity index (χ3v) is 3.91. The third kappa shape index (κ3) is 1.92. The van der Waals surface area contributed by atoms with Gasteiger partial charge in [-0.3, -0.25) is 9.59 Å². The summed E-state index contributed by atoms with van der Waals surface area (Å²) in [5.41, 5.74) is 0.311. The van der Waals surface area contributed by atoms with Gasteiger partial charge in [-0.2, -0.15) is 0 Å². The minimum Gasteiger partial charge on any atom is -0.465 e. The number of ether oxygens (including phenoxy) is 1. The van der Waals surface area contributed by atoms with Gasteiger partial charge in [-0.25, -0.2) is 0 Å². The fraction of sp³-hybridized carbons (Fsp3) is 0.833. The van der Waals surface area contributed by atoms with Gasteiger partial charge in [-0.1, -0.05) is 6.42 Å². The van der Waals surface area contributed by atoms with Gasteiger partial charge in [0.15, 0.2) is 0 Å². The Morgan fingerprint density at radius 3 is 2.73 bits per heavy atom. The summed E-state index contributed by atoms with van der Waals surface area (Å²) in [5.74, 6) is -0.668. The molecular formula is C12H18O3. The molecule has 84 valence electrons. The highest BCUT2D eigenvalue weighted by molar-refractivity contribution is 5.99. The number of carbonyl (C=O) groups excluding carboxylic acids is 2. The maximum Gasteiger partial charge on any atom is 0.316 e. The van der Waals surface area contributed by atoms with Crippen molar-refractivity contribution in [3.63, 3.8) is 0 Å². The van der Waals surface area contributed by atoms with Gasteiger partial charge in [-0.15, -0.1) is 0 Å². The van der Waals surface area contributed by atoms with Gasteiger partial charge in [0.25, 0.3) is 0 Å². The molecule has 0 saturated heterocycles. The molecule has 3 heteroatoms. The van der Waals surface area contributed by atoms with E-state index in [1.165, 1.54) is 19.3 Å². The predicted molar refractivity (Wildman–Crippen MR) is 55.3 cm³/mol. The number of hydrogen-bond acceptors (Lipinski definition) is 3. The Labute approximate surface area is 90.2 Å². The lowest BCUT2D eigenvalue weighted by Gasteiger charge is -2.46. The maximum atomic E-state index is 11.6. The Bertz CT molecular complexity index is 279.